The molecule has 0 aliphatic carbocycles. The minimum absolute atomic E-state index is 0.146. The van der Waals surface area contributed by atoms with Crippen LogP contribution in [0.3, 0.4) is 0 Å². The Hall–Kier alpha value is -1.44. The number of aromatic amines is 1. The van der Waals surface area contributed by atoms with Crippen LogP contribution in [0.5, 0.6) is 0 Å². The summed E-state index contributed by atoms with van der Waals surface area (Å²) in [6, 6.07) is 0. The zero-order valence-corrected chi connectivity index (χ0v) is 9.71. The largest absolute Gasteiger partial charge is 0.394 e. The standard InChI is InChI=1S/C10H16N2O5/c1-6-3-12(10(16)11-9(6)15)5-17-8(4-13)7(2)14/h3,7-8,13-14H,4-5H2,1-2H3,(H,11,15,16)/t7-,8-/m1/s1. The molecule has 0 fully saturated rings. The van der Waals surface area contributed by atoms with Gasteiger partial charge in [-0.2, -0.15) is 0 Å². The number of aryl methyl sites for hydroxylation is 1. The van der Waals surface area contributed by atoms with Crippen LogP contribution in [0.1, 0.15) is 12.5 Å². The molecule has 0 radical (unpaired) electrons. The number of aliphatic hydroxyl groups excluding tert-OH is 2. The highest BCUT2D eigenvalue weighted by Gasteiger charge is 2.14. The maximum Gasteiger partial charge on any atom is 0.330 e. The molecular weight excluding hydrogens is 228 g/mol. The topological polar surface area (TPSA) is 105 Å². The maximum atomic E-state index is 11.4. The van der Waals surface area contributed by atoms with Crippen molar-refractivity contribution in [3.8, 4) is 0 Å². The van der Waals surface area contributed by atoms with E-state index in [4.69, 9.17) is 9.84 Å². The molecule has 2 atom stereocenters. The third-order valence-electron chi connectivity index (χ3n) is 2.33. The predicted molar refractivity (Wildman–Crippen MR) is 59.7 cm³/mol. The lowest BCUT2D eigenvalue weighted by atomic mass is 10.2. The second-order valence-corrected chi connectivity index (χ2v) is 3.80. The summed E-state index contributed by atoms with van der Waals surface area (Å²) in [6.07, 6.45) is -0.258. The molecule has 3 N–H and O–H groups in total. The van der Waals surface area contributed by atoms with Gasteiger partial charge in [-0.25, -0.2) is 4.79 Å². The Labute approximate surface area is 97.3 Å². The van der Waals surface area contributed by atoms with Crippen LogP contribution >= 0.6 is 0 Å². The normalized spacial score (nSPS) is 14.6. The van der Waals surface area contributed by atoms with Gasteiger partial charge in [-0.05, 0) is 13.8 Å². The summed E-state index contributed by atoms with van der Waals surface area (Å²) < 4.78 is 6.31. The van der Waals surface area contributed by atoms with Gasteiger partial charge in [-0.3, -0.25) is 14.3 Å². The summed E-state index contributed by atoms with van der Waals surface area (Å²) in [5.41, 5.74) is -0.658. The number of nitrogens with zero attached hydrogens (tertiary/aromatic N) is 1. The molecule has 1 aromatic rings. The lowest BCUT2D eigenvalue weighted by molar-refractivity contribution is -0.0824. The van der Waals surface area contributed by atoms with E-state index in [9.17, 15) is 14.7 Å². The van der Waals surface area contributed by atoms with Gasteiger partial charge >= 0.3 is 5.69 Å². The molecule has 0 amide bonds. The van der Waals surface area contributed by atoms with Crippen molar-refractivity contribution in [2.24, 2.45) is 0 Å². The van der Waals surface area contributed by atoms with E-state index in [1.165, 1.54) is 13.1 Å². The predicted octanol–water partition coefficient (Wildman–Crippen LogP) is -1.44. The lowest BCUT2D eigenvalue weighted by Gasteiger charge is -2.18. The molecule has 96 valence electrons. The molecule has 0 saturated heterocycles. The number of aliphatic hydroxyl groups is 2. The van der Waals surface area contributed by atoms with Crippen molar-refractivity contribution in [3.05, 3.63) is 32.6 Å². The second kappa shape index (κ2) is 5.76. The molecule has 1 rings (SSSR count). The summed E-state index contributed by atoms with van der Waals surface area (Å²) in [4.78, 5) is 24.6. The molecule has 1 heterocycles. The summed E-state index contributed by atoms with van der Waals surface area (Å²) in [7, 11) is 0. The van der Waals surface area contributed by atoms with Crippen molar-refractivity contribution < 1.29 is 14.9 Å². The Kier molecular flexibility index (Phi) is 4.62. The number of hydrogen-bond donors (Lipinski definition) is 3. The van der Waals surface area contributed by atoms with Gasteiger partial charge in [0.1, 0.15) is 12.8 Å². The molecule has 1 aromatic heterocycles. The van der Waals surface area contributed by atoms with Crippen molar-refractivity contribution in [3.63, 3.8) is 0 Å². The third-order valence-corrected chi connectivity index (χ3v) is 2.33. The van der Waals surface area contributed by atoms with Gasteiger partial charge in [0.05, 0.1) is 12.7 Å². The maximum absolute atomic E-state index is 11.4. The van der Waals surface area contributed by atoms with Crippen molar-refractivity contribution in [2.45, 2.75) is 32.8 Å². The van der Waals surface area contributed by atoms with E-state index in [-0.39, 0.29) is 13.3 Å². The van der Waals surface area contributed by atoms with Crippen LogP contribution in [0.4, 0.5) is 0 Å². The average Bonchev–Trinajstić information content (AvgIpc) is 2.25. The van der Waals surface area contributed by atoms with Crippen LogP contribution in [0, 0.1) is 6.92 Å². The van der Waals surface area contributed by atoms with Gasteiger partial charge in [0, 0.05) is 11.8 Å². The lowest BCUT2D eigenvalue weighted by Crippen LogP contribution is -2.35. The average molecular weight is 244 g/mol. The van der Waals surface area contributed by atoms with Crippen molar-refractivity contribution in [2.75, 3.05) is 6.61 Å². The van der Waals surface area contributed by atoms with Gasteiger partial charge in [0.2, 0.25) is 0 Å². The summed E-state index contributed by atoms with van der Waals surface area (Å²) >= 11 is 0. The quantitative estimate of drug-likeness (QED) is 0.588. The minimum atomic E-state index is -0.848. The van der Waals surface area contributed by atoms with E-state index >= 15 is 0 Å². The van der Waals surface area contributed by atoms with Gasteiger partial charge in [0.25, 0.3) is 5.56 Å². The fourth-order valence-electron chi connectivity index (χ4n) is 1.23. The molecule has 17 heavy (non-hydrogen) atoms. The molecular formula is C10H16N2O5. The van der Waals surface area contributed by atoms with Crippen molar-refractivity contribution >= 4 is 0 Å². The Bertz CT molecular complexity index is 476. The molecule has 0 aromatic carbocycles. The first-order chi connectivity index (χ1) is 7.95. The highest BCUT2D eigenvalue weighted by Crippen LogP contribution is 1.99. The van der Waals surface area contributed by atoms with Crippen LogP contribution in [0.15, 0.2) is 15.8 Å². The Morgan fingerprint density at radius 2 is 2.18 bits per heavy atom. The number of aromatic nitrogens is 2. The fourth-order valence-corrected chi connectivity index (χ4v) is 1.23. The third kappa shape index (κ3) is 3.52. The van der Waals surface area contributed by atoms with Crippen LogP contribution in [-0.2, 0) is 11.5 Å². The van der Waals surface area contributed by atoms with Crippen molar-refractivity contribution in [1.29, 1.82) is 0 Å². The highest BCUT2D eigenvalue weighted by atomic mass is 16.5. The summed E-state index contributed by atoms with van der Waals surface area (Å²) in [5.74, 6) is 0. The summed E-state index contributed by atoms with van der Waals surface area (Å²) in [6.45, 7) is 2.54. The Morgan fingerprint density at radius 1 is 1.53 bits per heavy atom. The van der Waals surface area contributed by atoms with Crippen LogP contribution in [-0.4, -0.2) is 38.6 Å². The number of H-pyrrole nitrogens is 1. The minimum Gasteiger partial charge on any atom is -0.394 e. The van der Waals surface area contributed by atoms with E-state index < -0.39 is 23.5 Å². The molecule has 0 saturated carbocycles. The fraction of sp³-hybridized carbons (Fsp3) is 0.600. The first-order valence-corrected chi connectivity index (χ1v) is 5.16. The summed E-state index contributed by atoms with van der Waals surface area (Å²) in [5, 5.41) is 18.1. The van der Waals surface area contributed by atoms with Crippen LogP contribution < -0.4 is 11.2 Å². The van der Waals surface area contributed by atoms with Gasteiger partial charge in [-0.1, -0.05) is 0 Å². The first-order valence-electron chi connectivity index (χ1n) is 5.16. The SMILES string of the molecule is Cc1cn(CO[C@H](CO)[C@@H](C)O)c(=O)[nH]c1=O. The number of nitrogens with one attached hydrogen (secondary N) is 1. The molecule has 7 heteroatoms. The Morgan fingerprint density at radius 3 is 2.71 bits per heavy atom. The van der Waals surface area contributed by atoms with Crippen LogP contribution in [0.25, 0.3) is 0 Å². The van der Waals surface area contributed by atoms with E-state index in [1.807, 2.05) is 0 Å². The Balaban J connectivity index is 2.79. The number of hydrogen-bond acceptors (Lipinski definition) is 5. The highest BCUT2D eigenvalue weighted by molar-refractivity contribution is 5.00. The van der Waals surface area contributed by atoms with Gasteiger partial charge in [-0.15, -0.1) is 0 Å². The zero-order chi connectivity index (χ0) is 13.0. The molecule has 0 spiro atoms. The van der Waals surface area contributed by atoms with Gasteiger partial charge in [0.15, 0.2) is 0 Å². The van der Waals surface area contributed by atoms with Crippen molar-refractivity contribution in [1.82, 2.24) is 9.55 Å². The number of ether oxygens (including phenoxy) is 1. The monoisotopic (exact) mass is 244 g/mol. The molecule has 0 bridgehead atoms. The second-order valence-electron chi connectivity index (χ2n) is 3.80. The van der Waals surface area contributed by atoms with E-state index in [0.29, 0.717) is 5.56 Å². The number of rotatable bonds is 5. The smallest absolute Gasteiger partial charge is 0.330 e. The first kappa shape index (κ1) is 13.6. The zero-order valence-electron chi connectivity index (χ0n) is 9.71. The van der Waals surface area contributed by atoms with E-state index in [1.54, 1.807) is 6.92 Å². The van der Waals surface area contributed by atoms with E-state index in [0.717, 1.165) is 4.57 Å². The van der Waals surface area contributed by atoms with E-state index in [2.05, 4.69) is 4.98 Å². The molecule has 7 nitrogen and oxygen atoms in total. The molecule has 0 aliphatic rings. The van der Waals surface area contributed by atoms with Gasteiger partial charge < -0.3 is 14.9 Å². The molecule has 0 aliphatic heterocycles. The van der Waals surface area contributed by atoms with Crippen LogP contribution in [0.2, 0.25) is 0 Å². The molecule has 0 unspecified atom stereocenters.